The van der Waals surface area contributed by atoms with Crippen molar-refractivity contribution in [1.82, 2.24) is 0 Å². The van der Waals surface area contributed by atoms with E-state index in [0.29, 0.717) is 5.71 Å². The van der Waals surface area contributed by atoms with Crippen LogP contribution in [0.2, 0.25) is 0 Å². The van der Waals surface area contributed by atoms with Gasteiger partial charge in [-0.2, -0.15) is 0 Å². The Kier molecular flexibility index (Phi) is 4.10. The molecule has 0 saturated heterocycles. The van der Waals surface area contributed by atoms with Crippen LogP contribution in [0.25, 0.3) is 0 Å². The fourth-order valence-electron chi connectivity index (χ4n) is 1.41. The van der Waals surface area contributed by atoms with Gasteiger partial charge in [-0.1, -0.05) is 13.0 Å². The highest BCUT2D eigenvalue weighted by Crippen LogP contribution is 2.13. The van der Waals surface area contributed by atoms with Gasteiger partial charge in [0.1, 0.15) is 0 Å². The largest absolute Gasteiger partial charge is 0.463 e. The van der Waals surface area contributed by atoms with Crippen molar-refractivity contribution in [1.29, 1.82) is 0 Å². The van der Waals surface area contributed by atoms with Crippen LogP contribution >= 0.6 is 0 Å². The molecule has 1 rings (SSSR count). The van der Waals surface area contributed by atoms with Crippen LogP contribution in [0, 0.1) is 5.92 Å². The topological polar surface area (TPSA) is 72.8 Å². The van der Waals surface area contributed by atoms with Crippen LogP contribution in [0.15, 0.2) is 17.3 Å². The zero-order valence-corrected chi connectivity index (χ0v) is 9.23. The van der Waals surface area contributed by atoms with Crippen molar-refractivity contribution < 1.29 is 19.1 Å². The van der Waals surface area contributed by atoms with E-state index in [9.17, 15) is 14.4 Å². The maximum Gasteiger partial charge on any atom is 0.374 e. The predicted octanol–water partition coefficient (Wildman–Crippen LogP) is 0.682. The summed E-state index contributed by atoms with van der Waals surface area (Å²) < 4.78 is 4.23. The van der Waals surface area contributed by atoms with Crippen molar-refractivity contribution in [3.63, 3.8) is 0 Å². The molecule has 1 aliphatic heterocycles. The molecule has 0 spiro atoms. The van der Waals surface area contributed by atoms with Crippen molar-refractivity contribution in [2.75, 3.05) is 7.11 Å². The molecule has 1 aliphatic rings. The lowest BCUT2D eigenvalue weighted by Crippen LogP contribution is -2.28. The van der Waals surface area contributed by atoms with Crippen LogP contribution in [0.4, 0.5) is 0 Å². The summed E-state index contributed by atoms with van der Waals surface area (Å²) in [6.07, 6.45) is 3.64. The Labute approximate surface area is 93.2 Å². The Hall–Kier alpha value is -1.78. The predicted molar refractivity (Wildman–Crippen MR) is 57.0 cm³/mol. The van der Waals surface area contributed by atoms with E-state index in [2.05, 4.69) is 9.73 Å². The average molecular weight is 223 g/mol. The molecule has 0 amide bonds. The second kappa shape index (κ2) is 5.34. The number of aliphatic imine (C=N–C) groups is 1. The molecule has 0 saturated carbocycles. The van der Waals surface area contributed by atoms with Gasteiger partial charge in [0.15, 0.2) is 5.78 Å². The number of methoxy groups -OCH3 is 1. The Morgan fingerprint density at radius 3 is 2.75 bits per heavy atom. The molecule has 0 aromatic heterocycles. The highest BCUT2D eigenvalue weighted by molar-refractivity contribution is 6.49. The number of Topliss-reactive ketones (excluding diaryl/α,β-unsaturated/α-hetero) is 2. The zero-order chi connectivity index (χ0) is 12.1. The minimum atomic E-state index is -0.993. The van der Waals surface area contributed by atoms with Gasteiger partial charge in [-0.3, -0.25) is 14.6 Å². The van der Waals surface area contributed by atoms with E-state index in [0.717, 1.165) is 13.5 Å². The number of nitrogens with zero attached hydrogens (tertiary/aromatic N) is 1. The highest BCUT2D eigenvalue weighted by atomic mass is 16.5. The lowest BCUT2D eigenvalue weighted by Gasteiger charge is -2.13. The van der Waals surface area contributed by atoms with Gasteiger partial charge in [0.2, 0.25) is 5.78 Å². The molecule has 0 bridgehead atoms. The van der Waals surface area contributed by atoms with Crippen LogP contribution in [0.5, 0.6) is 0 Å². The molecule has 16 heavy (non-hydrogen) atoms. The van der Waals surface area contributed by atoms with Crippen LogP contribution in [0.1, 0.15) is 19.8 Å². The van der Waals surface area contributed by atoms with Gasteiger partial charge in [0.25, 0.3) is 0 Å². The third kappa shape index (κ3) is 2.85. The van der Waals surface area contributed by atoms with Gasteiger partial charge in [-0.25, -0.2) is 4.79 Å². The van der Waals surface area contributed by atoms with Crippen LogP contribution < -0.4 is 0 Å². The number of esters is 1. The molecule has 0 fully saturated rings. The molecule has 0 aromatic carbocycles. The lowest BCUT2D eigenvalue weighted by molar-refractivity contribution is -0.152. The van der Waals surface area contributed by atoms with E-state index >= 15 is 0 Å². The molecule has 0 radical (unpaired) electrons. The Morgan fingerprint density at radius 1 is 1.50 bits per heavy atom. The minimum Gasteiger partial charge on any atom is -0.463 e. The number of rotatable bonds is 4. The van der Waals surface area contributed by atoms with E-state index in [-0.39, 0.29) is 5.92 Å². The molecule has 1 unspecified atom stereocenters. The summed E-state index contributed by atoms with van der Waals surface area (Å²) in [4.78, 5) is 37.6. The van der Waals surface area contributed by atoms with Gasteiger partial charge in [-0.15, -0.1) is 0 Å². The number of hydrogen-bond donors (Lipinski definition) is 0. The molecule has 0 N–H and O–H groups in total. The zero-order valence-electron chi connectivity index (χ0n) is 9.23. The van der Waals surface area contributed by atoms with Crippen molar-refractivity contribution >= 4 is 23.2 Å². The van der Waals surface area contributed by atoms with E-state index in [4.69, 9.17) is 0 Å². The van der Waals surface area contributed by atoms with Gasteiger partial charge in [0, 0.05) is 12.1 Å². The minimum absolute atomic E-state index is 0.0112. The van der Waals surface area contributed by atoms with Crippen LogP contribution in [0.3, 0.4) is 0 Å². The van der Waals surface area contributed by atoms with Gasteiger partial charge < -0.3 is 4.74 Å². The molecular formula is C11H13NO4. The first-order valence-electron chi connectivity index (χ1n) is 4.93. The first-order valence-corrected chi connectivity index (χ1v) is 4.93. The van der Waals surface area contributed by atoms with Crippen molar-refractivity contribution in [3.8, 4) is 0 Å². The normalized spacial score (nSPS) is 18.9. The Morgan fingerprint density at radius 2 is 2.19 bits per heavy atom. The number of carbonyl (C=O) groups is 3. The Bertz CT molecular complexity index is 381. The fourth-order valence-corrected chi connectivity index (χ4v) is 1.41. The first kappa shape index (κ1) is 12.3. The Balaban J connectivity index is 2.65. The van der Waals surface area contributed by atoms with Gasteiger partial charge in [-0.05, 0) is 6.42 Å². The summed E-state index contributed by atoms with van der Waals surface area (Å²) in [5.74, 6) is -2.25. The summed E-state index contributed by atoms with van der Waals surface area (Å²) in [5, 5.41) is 0. The summed E-state index contributed by atoms with van der Waals surface area (Å²) >= 11 is 0. The van der Waals surface area contributed by atoms with E-state index in [1.807, 2.05) is 13.0 Å². The fraction of sp³-hybridized carbons (Fsp3) is 0.455. The number of ketones is 2. The van der Waals surface area contributed by atoms with E-state index < -0.39 is 24.0 Å². The standard InChI is InChI=1S/C11H13NO4/c1-7-4-3-5-12-10(7)8(13)6-9(14)11(15)16-2/h3,5,7H,4,6H2,1-2H3. The summed E-state index contributed by atoms with van der Waals surface area (Å²) in [6.45, 7) is 1.85. The van der Waals surface area contributed by atoms with Crippen molar-refractivity contribution in [2.45, 2.75) is 19.8 Å². The molecule has 1 atom stereocenters. The lowest BCUT2D eigenvalue weighted by atomic mass is 9.94. The van der Waals surface area contributed by atoms with Gasteiger partial charge in [0.05, 0.1) is 19.2 Å². The number of ether oxygens (including phenoxy) is 1. The summed E-state index contributed by atoms with van der Waals surface area (Å²) in [5.41, 5.74) is 0.347. The number of hydrogen-bond acceptors (Lipinski definition) is 5. The summed E-state index contributed by atoms with van der Waals surface area (Å²) in [6, 6.07) is 0. The van der Waals surface area contributed by atoms with E-state index in [1.54, 1.807) is 0 Å². The average Bonchev–Trinajstić information content (AvgIpc) is 2.28. The van der Waals surface area contributed by atoms with Gasteiger partial charge >= 0.3 is 5.97 Å². The SMILES string of the molecule is COC(=O)C(=O)CC(=O)C1=NC=CCC1C. The highest BCUT2D eigenvalue weighted by Gasteiger charge is 2.25. The first-order chi connectivity index (χ1) is 7.56. The third-order valence-electron chi connectivity index (χ3n) is 2.30. The monoisotopic (exact) mass is 223 g/mol. The summed E-state index contributed by atoms with van der Waals surface area (Å²) in [7, 11) is 1.11. The van der Waals surface area contributed by atoms with Crippen LogP contribution in [-0.4, -0.2) is 30.4 Å². The second-order valence-electron chi connectivity index (χ2n) is 3.55. The number of allylic oxidation sites excluding steroid dienone is 1. The molecule has 5 heteroatoms. The van der Waals surface area contributed by atoms with Crippen LogP contribution in [-0.2, 0) is 19.1 Å². The smallest absolute Gasteiger partial charge is 0.374 e. The molecule has 0 aliphatic carbocycles. The molecular weight excluding hydrogens is 210 g/mol. The second-order valence-corrected chi connectivity index (χ2v) is 3.55. The quantitative estimate of drug-likeness (QED) is 0.399. The third-order valence-corrected chi connectivity index (χ3v) is 2.30. The molecule has 1 heterocycles. The van der Waals surface area contributed by atoms with Crippen molar-refractivity contribution in [2.24, 2.45) is 10.9 Å². The maximum atomic E-state index is 11.6. The molecule has 86 valence electrons. The van der Waals surface area contributed by atoms with E-state index in [1.165, 1.54) is 6.20 Å². The van der Waals surface area contributed by atoms with Crippen molar-refractivity contribution in [3.05, 3.63) is 12.3 Å². The molecule has 5 nitrogen and oxygen atoms in total. The number of carbonyl (C=O) groups excluding carboxylic acids is 3. The maximum absolute atomic E-state index is 11.6. The molecule has 0 aromatic rings.